The van der Waals surface area contributed by atoms with Crippen LogP contribution in [0.3, 0.4) is 0 Å². The number of hydrogen-bond donors (Lipinski definition) is 0. The summed E-state index contributed by atoms with van der Waals surface area (Å²) in [4.78, 5) is 22.0. The van der Waals surface area contributed by atoms with Gasteiger partial charge in [0.05, 0.1) is 19.2 Å². The second-order valence-electron chi connectivity index (χ2n) is 4.09. The van der Waals surface area contributed by atoms with Crippen LogP contribution in [0, 0.1) is 21.4 Å². The highest BCUT2D eigenvalue weighted by molar-refractivity contribution is 6.00. The maximum atomic E-state index is 12.2. The number of ether oxygens (including phenoxy) is 1. The fourth-order valence-corrected chi connectivity index (χ4v) is 1.78. The zero-order valence-electron chi connectivity index (χ0n) is 11.0. The third kappa shape index (κ3) is 2.90. The molecule has 1 unspecified atom stereocenters. The van der Waals surface area contributed by atoms with Gasteiger partial charge in [-0.3, -0.25) is 14.9 Å². The van der Waals surface area contributed by atoms with E-state index in [0.29, 0.717) is 11.3 Å². The molecule has 0 bridgehead atoms. The highest BCUT2D eigenvalue weighted by Crippen LogP contribution is 2.25. The van der Waals surface area contributed by atoms with Crippen molar-refractivity contribution in [2.75, 3.05) is 7.11 Å². The molecule has 1 aromatic heterocycles. The number of nitro groups is 1. The molecule has 0 aliphatic heterocycles. The summed E-state index contributed by atoms with van der Waals surface area (Å²) in [6.07, 6.45) is 0. The summed E-state index contributed by atoms with van der Waals surface area (Å²) in [5, 5.41) is 19.7. The van der Waals surface area contributed by atoms with Crippen LogP contribution in [-0.4, -0.2) is 17.8 Å². The van der Waals surface area contributed by atoms with Gasteiger partial charge in [-0.1, -0.05) is 12.1 Å². The topological polar surface area (TPSA) is 106 Å². The molecular formula is C14H10N2O5. The van der Waals surface area contributed by atoms with E-state index in [4.69, 9.17) is 9.15 Å². The molecule has 1 heterocycles. The highest BCUT2D eigenvalue weighted by Gasteiger charge is 2.26. The Balaban J connectivity index is 2.29. The number of rotatable bonds is 5. The van der Waals surface area contributed by atoms with Gasteiger partial charge in [0.15, 0.2) is 5.76 Å². The molecular weight excluding hydrogens is 276 g/mol. The van der Waals surface area contributed by atoms with Gasteiger partial charge in [0.1, 0.15) is 16.6 Å². The first-order valence-corrected chi connectivity index (χ1v) is 5.89. The number of nitriles is 1. The maximum absolute atomic E-state index is 12.2. The fraction of sp³-hybridized carbons (Fsp3) is 0.143. The molecule has 0 spiro atoms. The van der Waals surface area contributed by atoms with Crippen LogP contribution in [-0.2, 0) is 0 Å². The average Bonchev–Trinajstić information content (AvgIpc) is 2.98. The number of hydrogen-bond acceptors (Lipinski definition) is 6. The molecule has 0 saturated heterocycles. The van der Waals surface area contributed by atoms with Crippen LogP contribution in [0.2, 0.25) is 0 Å². The van der Waals surface area contributed by atoms with Crippen molar-refractivity contribution in [2.45, 2.75) is 5.92 Å². The van der Waals surface area contributed by atoms with Gasteiger partial charge in [0, 0.05) is 0 Å². The quantitative estimate of drug-likeness (QED) is 0.475. The Bertz CT molecular complexity index is 712. The first-order valence-electron chi connectivity index (χ1n) is 5.89. The summed E-state index contributed by atoms with van der Waals surface area (Å²) in [5.74, 6) is -1.89. The average molecular weight is 286 g/mol. The maximum Gasteiger partial charge on any atom is 0.433 e. The molecule has 21 heavy (non-hydrogen) atoms. The zero-order chi connectivity index (χ0) is 15.4. The van der Waals surface area contributed by atoms with Crippen molar-refractivity contribution in [3.63, 3.8) is 0 Å². The minimum atomic E-state index is -1.10. The molecule has 2 aromatic rings. The Morgan fingerprint density at radius 2 is 2.00 bits per heavy atom. The third-order valence-corrected chi connectivity index (χ3v) is 2.86. The van der Waals surface area contributed by atoms with Crippen LogP contribution in [0.1, 0.15) is 22.0 Å². The molecule has 106 valence electrons. The number of carbonyl (C=O) groups excluding carboxylic acids is 1. The van der Waals surface area contributed by atoms with Crippen LogP contribution in [0.25, 0.3) is 0 Å². The SMILES string of the molecule is COc1ccc(C(C#N)C(=O)c2ccc([N+](=O)[O-])o2)cc1. The molecule has 7 heteroatoms. The Kier molecular flexibility index (Phi) is 4.00. The fourth-order valence-electron chi connectivity index (χ4n) is 1.78. The van der Waals surface area contributed by atoms with Gasteiger partial charge in [-0.2, -0.15) is 5.26 Å². The summed E-state index contributed by atoms with van der Waals surface area (Å²) in [6.45, 7) is 0. The lowest BCUT2D eigenvalue weighted by Crippen LogP contribution is -2.10. The molecule has 0 aliphatic rings. The Labute approximate surface area is 119 Å². The molecule has 0 amide bonds. The molecule has 1 aromatic carbocycles. The summed E-state index contributed by atoms with van der Waals surface area (Å²) >= 11 is 0. The Morgan fingerprint density at radius 1 is 1.33 bits per heavy atom. The smallest absolute Gasteiger partial charge is 0.433 e. The van der Waals surface area contributed by atoms with Crippen LogP contribution in [0.5, 0.6) is 5.75 Å². The summed E-state index contributed by atoms with van der Waals surface area (Å²) < 4.78 is 9.83. The van der Waals surface area contributed by atoms with Crippen molar-refractivity contribution in [1.82, 2.24) is 0 Å². The van der Waals surface area contributed by atoms with E-state index in [1.54, 1.807) is 24.3 Å². The lowest BCUT2D eigenvalue weighted by Gasteiger charge is -2.07. The molecule has 2 rings (SSSR count). The van der Waals surface area contributed by atoms with Gasteiger partial charge in [0.25, 0.3) is 0 Å². The van der Waals surface area contributed by atoms with Crippen molar-refractivity contribution >= 4 is 11.7 Å². The van der Waals surface area contributed by atoms with Gasteiger partial charge in [-0.05, 0) is 23.8 Å². The van der Waals surface area contributed by atoms with E-state index in [-0.39, 0.29) is 5.76 Å². The number of furan rings is 1. The Morgan fingerprint density at radius 3 is 2.48 bits per heavy atom. The van der Waals surface area contributed by atoms with Gasteiger partial charge < -0.3 is 9.15 Å². The van der Waals surface area contributed by atoms with Crippen molar-refractivity contribution in [1.29, 1.82) is 5.26 Å². The number of nitrogens with zero attached hydrogens (tertiary/aromatic N) is 2. The zero-order valence-corrected chi connectivity index (χ0v) is 11.0. The van der Waals surface area contributed by atoms with Gasteiger partial charge in [-0.15, -0.1) is 0 Å². The minimum absolute atomic E-state index is 0.218. The summed E-state index contributed by atoms with van der Waals surface area (Å²) in [6, 6.07) is 10.6. The number of carbonyl (C=O) groups is 1. The second kappa shape index (κ2) is 5.88. The van der Waals surface area contributed by atoms with E-state index in [9.17, 15) is 20.2 Å². The first-order chi connectivity index (χ1) is 10.1. The molecule has 1 atom stereocenters. The number of Topliss-reactive ketones (excluding diaryl/α,β-unsaturated/α-hetero) is 1. The number of methoxy groups -OCH3 is 1. The second-order valence-corrected chi connectivity index (χ2v) is 4.09. The molecule has 0 saturated carbocycles. The predicted molar refractivity (Wildman–Crippen MR) is 71.0 cm³/mol. The van der Waals surface area contributed by atoms with Gasteiger partial charge in [-0.25, -0.2) is 0 Å². The van der Waals surface area contributed by atoms with E-state index in [1.165, 1.54) is 13.2 Å². The van der Waals surface area contributed by atoms with Crippen molar-refractivity contribution in [2.24, 2.45) is 0 Å². The number of benzene rings is 1. The minimum Gasteiger partial charge on any atom is -0.497 e. The molecule has 0 fully saturated rings. The van der Waals surface area contributed by atoms with Gasteiger partial charge >= 0.3 is 5.88 Å². The largest absolute Gasteiger partial charge is 0.497 e. The van der Waals surface area contributed by atoms with E-state index >= 15 is 0 Å². The van der Waals surface area contributed by atoms with Crippen molar-refractivity contribution in [3.8, 4) is 11.8 Å². The van der Waals surface area contributed by atoms with Crippen LogP contribution >= 0.6 is 0 Å². The molecule has 7 nitrogen and oxygen atoms in total. The van der Waals surface area contributed by atoms with Gasteiger partial charge in [0.2, 0.25) is 5.78 Å². The van der Waals surface area contributed by atoms with Crippen LogP contribution in [0.4, 0.5) is 5.88 Å². The molecule has 0 aliphatic carbocycles. The van der Waals surface area contributed by atoms with E-state index in [0.717, 1.165) is 6.07 Å². The van der Waals surface area contributed by atoms with E-state index < -0.39 is 22.5 Å². The van der Waals surface area contributed by atoms with Crippen molar-refractivity contribution < 1.29 is 18.9 Å². The lowest BCUT2D eigenvalue weighted by atomic mass is 9.95. The number of ketones is 1. The predicted octanol–water partition coefficient (Wildman–Crippen LogP) is 2.69. The van der Waals surface area contributed by atoms with Crippen LogP contribution < -0.4 is 4.74 Å². The Hall–Kier alpha value is -3.14. The summed E-state index contributed by atoms with van der Waals surface area (Å²) in [5.41, 5.74) is 0.461. The highest BCUT2D eigenvalue weighted by atomic mass is 16.6. The van der Waals surface area contributed by atoms with E-state index in [2.05, 4.69) is 0 Å². The molecule has 0 N–H and O–H groups in total. The van der Waals surface area contributed by atoms with Crippen LogP contribution in [0.15, 0.2) is 40.8 Å². The lowest BCUT2D eigenvalue weighted by molar-refractivity contribution is -0.402. The third-order valence-electron chi connectivity index (χ3n) is 2.86. The normalized spacial score (nSPS) is 11.4. The monoisotopic (exact) mass is 286 g/mol. The van der Waals surface area contributed by atoms with Crippen molar-refractivity contribution in [3.05, 3.63) is 57.8 Å². The van der Waals surface area contributed by atoms with E-state index in [1.807, 2.05) is 6.07 Å². The standard InChI is InChI=1S/C14H10N2O5/c1-20-10-4-2-9(3-5-10)11(8-15)14(17)12-6-7-13(21-12)16(18)19/h2-7,11H,1H3. The first kappa shape index (κ1) is 14.3. The summed E-state index contributed by atoms with van der Waals surface area (Å²) in [7, 11) is 1.50. The molecule has 0 radical (unpaired) electrons.